The van der Waals surface area contributed by atoms with Gasteiger partial charge in [-0.3, -0.25) is 14.3 Å². The predicted molar refractivity (Wildman–Crippen MR) is 91.8 cm³/mol. The molecular weight excluding hydrogens is 304 g/mol. The Bertz CT molecular complexity index is 751. The quantitative estimate of drug-likeness (QED) is 0.866. The Morgan fingerprint density at radius 3 is 2.42 bits per heavy atom. The molecule has 0 unspecified atom stereocenters. The number of aryl methyl sites for hydroxylation is 2. The zero-order valence-corrected chi connectivity index (χ0v) is 14.3. The van der Waals surface area contributed by atoms with Gasteiger partial charge in [0.15, 0.2) is 0 Å². The van der Waals surface area contributed by atoms with Crippen molar-refractivity contribution in [3.8, 4) is 0 Å². The lowest BCUT2D eigenvalue weighted by Gasteiger charge is -2.35. The highest BCUT2D eigenvalue weighted by atomic mass is 16.2. The summed E-state index contributed by atoms with van der Waals surface area (Å²) in [4.78, 5) is 28.5. The molecule has 1 saturated heterocycles. The first-order valence-electron chi connectivity index (χ1n) is 8.12. The van der Waals surface area contributed by atoms with E-state index in [9.17, 15) is 9.59 Å². The number of aromatic nitrogens is 2. The number of carbonyl (C=O) groups excluding carboxylic acids is 2. The number of hydrogen-bond donors (Lipinski definition) is 0. The summed E-state index contributed by atoms with van der Waals surface area (Å²) in [5, 5.41) is 4.20. The lowest BCUT2D eigenvalue weighted by atomic mass is 10.2. The number of benzene rings is 1. The molecule has 1 aliphatic heterocycles. The van der Waals surface area contributed by atoms with Crippen LogP contribution in [0.2, 0.25) is 0 Å². The number of nitrogens with zero attached hydrogens (tertiary/aromatic N) is 4. The second kappa shape index (κ2) is 6.47. The lowest BCUT2D eigenvalue weighted by molar-refractivity contribution is -0.139. The first-order valence-corrected chi connectivity index (χ1v) is 8.12. The van der Waals surface area contributed by atoms with E-state index >= 15 is 0 Å². The number of hydrogen-bond acceptors (Lipinski definition) is 3. The predicted octanol–water partition coefficient (Wildman–Crippen LogP) is 1.94. The normalized spacial score (nSPS) is 16.4. The molecule has 1 aromatic carbocycles. The summed E-state index contributed by atoms with van der Waals surface area (Å²) in [6.07, 6.45) is 3.57. The Kier molecular flexibility index (Phi) is 4.38. The molecule has 1 atom stereocenters. The van der Waals surface area contributed by atoms with E-state index in [0.717, 1.165) is 16.8 Å². The summed E-state index contributed by atoms with van der Waals surface area (Å²) < 4.78 is 1.65. The molecule has 6 heteroatoms. The topological polar surface area (TPSA) is 58.4 Å². The smallest absolute Gasteiger partial charge is 0.247 e. The number of amides is 2. The van der Waals surface area contributed by atoms with E-state index in [1.807, 2.05) is 51.2 Å². The fourth-order valence-corrected chi connectivity index (χ4v) is 2.88. The summed E-state index contributed by atoms with van der Waals surface area (Å²) in [7, 11) is 0. The Hall–Kier alpha value is -2.63. The van der Waals surface area contributed by atoms with Crippen LogP contribution in [0.15, 0.2) is 36.7 Å². The van der Waals surface area contributed by atoms with Crippen molar-refractivity contribution in [2.24, 2.45) is 0 Å². The van der Waals surface area contributed by atoms with Gasteiger partial charge in [0.05, 0.1) is 6.20 Å². The Balaban J connectivity index is 1.67. The van der Waals surface area contributed by atoms with Crippen molar-refractivity contribution in [1.82, 2.24) is 14.7 Å². The molecule has 0 N–H and O–H groups in total. The second-order valence-electron chi connectivity index (χ2n) is 6.31. The Morgan fingerprint density at radius 1 is 1.12 bits per heavy atom. The molecule has 6 nitrogen and oxygen atoms in total. The van der Waals surface area contributed by atoms with Crippen LogP contribution in [0.4, 0.5) is 5.69 Å². The molecule has 2 heterocycles. The van der Waals surface area contributed by atoms with Crippen LogP contribution in [0, 0.1) is 13.8 Å². The molecule has 0 saturated carbocycles. The molecule has 126 valence electrons. The highest BCUT2D eigenvalue weighted by Crippen LogP contribution is 2.19. The van der Waals surface area contributed by atoms with E-state index in [-0.39, 0.29) is 18.4 Å². The van der Waals surface area contributed by atoms with Crippen LogP contribution in [0.25, 0.3) is 0 Å². The minimum Gasteiger partial charge on any atom is -0.330 e. The number of rotatable bonds is 3. The summed E-state index contributed by atoms with van der Waals surface area (Å²) in [5.74, 6) is -0.127. The maximum absolute atomic E-state index is 12.6. The van der Waals surface area contributed by atoms with Crippen LogP contribution in [0.1, 0.15) is 24.1 Å². The zero-order valence-electron chi connectivity index (χ0n) is 14.3. The van der Waals surface area contributed by atoms with Gasteiger partial charge >= 0.3 is 0 Å². The fourth-order valence-electron chi connectivity index (χ4n) is 2.88. The largest absolute Gasteiger partial charge is 0.330 e. The summed E-state index contributed by atoms with van der Waals surface area (Å²) in [6, 6.07) is 7.46. The minimum absolute atomic E-state index is 0.0534. The van der Waals surface area contributed by atoms with E-state index in [2.05, 4.69) is 5.10 Å². The highest BCUT2D eigenvalue weighted by Gasteiger charge is 2.31. The van der Waals surface area contributed by atoms with Gasteiger partial charge in [-0.2, -0.15) is 5.10 Å². The van der Waals surface area contributed by atoms with E-state index in [1.165, 1.54) is 0 Å². The minimum atomic E-state index is -0.405. The molecule has 1 aliphatic rings. The number of carbonyl (C=O) groups is 2. The molecule has 1 fully saturated rings. The number of anilines is 1. The van der Waals surface area contributed by atoms with Gasteiger partial charge in [-0.05, 0) is 38.5 Å². The summed E-state index contributed by atoms with van der Waals surface area (Å²) in [5.41, 5.74) is 3.05. The van der Waals surface area contributed by atoms with Gasteiger partial charge in [-0.1, -0.05) is 17.7 Å². The van der Waals surface area contributed by atoms with Gasteiger partial charge in [-0.15, -0.1) is 0 Å². The molecule has 0 aliphatic carbocycles. The van der Waals surface area contributed by atoms with Crippen LogP contribution in [0.5, 0.6) is 0 Å². The van der Waals surface area contributed by atoms with Gasteiger partial charge in [0.25, 0.3) is 0 Å². The molecule has 0 bridgehead atoms. The van der Waals surface area contributed by atoms with Crippen molar-refractivity contribution in [1.29, 1.82) is 0 Å². The van der Waals surface area contributed by atoms with Crippen LogP contribution in [-0.2, 0) is 9.59 Å². The van der Waals surface area contributed by atoms with Gasteiger partial charge in [0.2, 0.25) is 11.8 Å². The van der Waals surface area contributed by atoms with Crippen LogP contribution < -0.4 is 4.90 Å². The molecule has 24 heavy (non-hydrogen) atoms. The Labute approximate surface area is 141 Å². The zero-order chi connectivity index (χ0) is 17.3. The lowest BCUT2D eigenvalue weighted by Crippen LogP contribution is -2.53. The van der Waals surface area contributed by atoms with Crippen molar-refractivity contribution in [3.63, 3.8) is 0 Å². The third kappa shape index (κ3) is 3.18. The van der Waals surface area contributed by atoms with Crippen molar-refractivity contribution in [2.45, 2.75) is 26.8 Å². The third-order valence-corrected chi connectivity index (χ3v) is 4.36. The molecule has 2 amide bonds. The standard InChI is InChI=1S/C18H22N4O2/c1-13-4-6-16(7-5-13)21-9-8-20(12-17(21)23)18(24)15(3)22-11-14(2)10-19-22/h4-7,10-11,15H,8-9,12H2,1-3H3/t15-/m0/s1. The van der Waals surface area contributed by atoms with E-state index in [1.54, 1.807) is 20.7 Å². The van der Waals surface area contributed by atoms with Crippen LogP contribution in [0.3, 0.4) is 0 Å². The monoisotopic (exact) mass is 326 g/mol. The highest BCUT2D eigenvalue weighted by molar-refractivity contribution is 5.98. The summed E-state index contributed by atoms with van der Waals surface area (Å²) in [6.45, 7) is 6.91. The first kappa shape index (κ1) is 16.2. The van der Waals surface area contributed by atoms with Crippen LogP contribution in [-0.4, -0.2) is 46.1 Å². The first-order chi connectivity index (χ1) is 11.5. The molecule has 2 aromatic rings. The molecule has 3 rings (SSSR count). The maximum Gasteiger partial charge on any atom is 0.247 e. The van der Waals surface area contributed by atoms with E-state index in [4.69, 9.17) is 0 Å². The molecule has 0 spiro atoms. The van der Waals surface area contributed by atoms with Gasteiger partial charge < -0.3 is 9.80 Å². The van der Waals surface area contributed by atoms with Crippen molar-refractivity contribution in [3.05, 3.63) is 47.8 Å². The molecule has 0 radical (unpaired) electrons. The van der Waals surface area contributed by atoms with Crippen molar-refractivity contribution in [2.75, 3.05) is 24.5 Å². The second-order valence-corrected chi connectivity index (χ2v) is 6.31. The average Bonchev–Trinajstić information content (AvgIpc) is 3.01. The van der Waals surface area contributed by atoms with E-state index in [0.29, 0.717) is 13.1 Å². The van der Waals surface area contributed by atoms with Gasteiger partial charge in [0, 0.05) is 25.0 Å². The molecular formula is C18H22N4O2. The number of piperazine rings is 1. The SMILES string of the molecule is Cc1ccc(N2CCN(C(=O)[C@H](C)n3cc(C)cn3)CC2=O)cc1. The van der Waals surface area contributed by atoms with Crippen molar-refractivity contribution >= 4 is 17.5 Å². The Morgan fingerprint density at radius 2 is 1.83 bits per heavy atom. The fraction of sp³-hybridized carbons (Fsp3) is 0.389. The summed E-state index contributed by atoms with van der Waals surface area (Å²) >= 11 is 0. The van der Waals surface area contributed by atoms with Crippen LogP contribution >= 0.6 is 0 Å². The van der Waals surface area contributed by atoms with Crippen molar-refractivity contribution < 1.29 is 9.59 Å². The average molecular weight is 326 g/mol. The maximum atomic E-state index is 12.6. The van der Waals surface area contributed by atoms with Gasteiger partial charge in [-0.25, -0.2) is 0 Å². The molecule has 1 aromatic heterocycles. The van der Waals surface area contributed by atoms with Gasteiger partial charge in [0.1, 0.15) is 12.6 Å². The third-order valence-electron chi connectivity index (χ3n) is 4.36. The van der Waals surface area contributed by atoms with E-state index < -0.39 is 6.04 Å².